The summed E-state index contributed by atoms with van der Waals surface area (Å²) in [6, 6.07) is 30.7. The molecule has 0 aliphatic carbocycles. The monoisotopic (exact) mass is 386 g/mol. The Balaban J connectivity index is 0.000000852. The number of H-pyrrole nitrogens is 2. The van der Waals surface area contributed by atoms with Crippen LogP contribution in [0, 0.1) is 0 Å². The largest absolute Gasteiger partial charge is 0.354 e. The van der Waals surface area contributed by atoms with Crippen LogP contribution in [0.15, 0.2) is 84.9 Å². The third kappa shape index (κ3) is 2.25. The van der Waals surface area contributed by atoms with Crippen molar-refractivity contribution in [1.82, 2.24) is 9.97 Å². The molecule has 7 rings (SSSR count). The van der Waals surface area contributed by atoms with Crippen LogP contribution in [0.1, 0.15) is 13.8 Å². The number of aromatic amines is 2. The van der Waals surface area contributed by atoms with Gasteiger partial charge in [0.05, 0.1) is 0 Å². The van der Waals surface area contributed by atoms with Crippen LogP contribution in [0.3, 0.4) is 0 Å². The Kier molecular flexibility index (Phi) is 3.63. The normalized spacial score (nSPS) is 11.7. The number of hydrogen-bond donors (Lipinski definition) is 2. The molecule has 0 atom stereocenters. The first-order valence-electron chi connectivity index (χ1n) is 10.6. The van der Waals surface area contributed by atoms with Gasteiger partial charge in [0.15, 0.2) is 0 Å². The fourth-order valence-electron chi connectivity index (χ4n) is 4.84. The molecule has 30 heavy (non-hydrogen) atoms. The maximum Gasteiger partial charge on any atom is 0.0471 e. The lowest BCUT2D eigenvalue weighted by Gasteiger charge is -2.06. The number of nitrogens with one attached hydrogen (secondary N) is 2. The molecule has 2 heterocycles. The van der Waals surface area contributed by atoms with Gasteiger partial charge in [-0.25, -0.2) is 0 Å². The molecule has 0 spiro atoms. The SMILES string of the molecule is CC.c1ccc2c(c1)[nH]c1ccc3cc4c(ccc5[nH]c6ccccc6c54)cc3c12. The van der Waals surface area contributed by atoms with E-state index in [1.54, 1.807) is 0 Å². The van der Waals surface area contributed by atoms with Gasteiger partial charge in [-0.15, -0.1) is 0 Å². The lowest BCUT2D eigenvalue weighted by Crippen LogP contribution is -1.80. The number of hydrogen-bond acceptors (Lipinski definition) is 0. The zero-order chi connectivity index (χ0) is 20.2. The van der Waals surface area contributed by atoms with E-state index in [2.05, 4.69) is 94.9 Å². The maximum absolute atomic E-state index is 3.56. The van der Waals surface area contributed by atoms with Crippen LogP contribution in [-0.4, -0.2) is 9.97 Å². The van der Waals surface area contributed by atoms with Crippen molar-refractivity contribution in [1.29, 1.82) is 0 Å². The topological polar surface area (TPSA) is 31.6 Å². The molecule has 0 amide bonds. The molecule has 0 radical (unpaired) electrons. The molecule has 0 unspecified atom stereocenters. The zero-order valence-electron chi connectivity index (χ0n) is 17.1. The molecule has 2 N–H and O–H groups in total. The minimum atomic E-state index is 1.19. The summed E-state index contributed by atoms with van der Waals surface area (Å²) < 4.78 is 0. The first kappa shape index (κ1) is 17.1. The molecule has 0 fully saturated rings. The van der Waals surface area contributed by atoms with Crippen LogP contribution < -0.4 is 0 Å². The quantitative estimate of drug-likeness (QED) is 0.246. The molecule has 7 aromatic rings. The molecule has 0 aliphatic heterocycles. The van der Waals surface area contributed by atoms with Gasteiger partial charge in [-0.1, -0.05) is 62.4 Å². The van der Waals surface area contributed by atoms with Crippen molar-refractivity contribution in [3.05, 3.63) is 84.9 Å². The van der Waals surface area contributed by atoms with E-state index >= 15 is 0 Å². The van der Waals surface area contributed by atoms with Crippen molar-refractivity contribution >= 4 is 65.2 Å². The van der Waals surface area contributed by atoms with Crippen molar-refractivity contribution in [2.75, 3.05) is 0 Å². The number of aromatic nitrogens is 2. The zero-order valence-corrected chi connectivity index (χ0v) is 17.1. The van der Waals surface area contributed by atoms with Gasteiger partial charge in [-0.05, 0) is 57.9 Å². The molecular weight excluding hydrogens is 364 g/mol. The number of rotatable bonds is 0. The summed E-state index contributed by atoms with van der Waals surface area (Å²) in [5.74, 6) is 0. The highest BCUT2D eigenvalue weighted by Crippen LogP contribution is 2.38. The molecule has 0 bridgehead atoms. The van der Waals surface area contributed by atoms with Gasteiger partial charge in [-0.3, -0.25) is 0 Å². The van der Waals surface area contributed by atoms with Gasteiger partial charge in [0.1, 0.15) is 0 Å². The van der Waals surface area contributed by atoms with Gasteiger partial charge in [0, 0.05) is 43.6 Å². The number of fused-ring (bicyclic) bond motifs is 10. The van der Waals surface area contributed by atoms with E-state index in [9.17, 15) is 0 Å². The lowest BCUT2D eigenvalue weighted by molar-refractivity contribution is 1.50. The van der Waals surface area contributed by atoms with Gasteiger partial charge in [0.2, 0.25) is 0 Å². The van der Waals surface area contributed by atoms with Crippen LogP contribution in [0.2, 0.25) is 0 Å². The summed E-state index contributed by atoms with van der Waals surface area (Å²) in [6.45, 7) is 4.00. The Labute approximate surface area is 174 Å². The Morgan fingerprint density at radius 2 is 0.867 bits per heavy atom. The molecule has 0 aliphatic rings. The van der Waals surface area contributed by atoms with E-state index in [0.717, 1.165) is 0 Å². The van der Waals surface area contributed by atoms with E-state index in [-0.39, 0.29) is 0 Å². The number of benzene rings is 5. The van der Waals surface area contributed by atoms with E-state index in [0.29, 0.717) is 0 Å². The van der Waals surface area contributed by atoms with Crippen LogP contribution in [-0.2, 0) is 0 Å². The van der Waals surface area contributed by atoms with E-state index in [1.807, 2.05) is 13.8 Å². The average molecular weight is 386 g/mol. The second kappa shape index (κ2) is 6.36. The molecule has 5 aromatic carbocycles. The molecule has 0 saturated heterocycles. The number of para-hydroxylation sites is 2. The fourth-order valence-corrected chi connectivity index (χ4v) is 4.84. The second-order valence-corrected chi connectivity index (χ2v) is 7.61. The predicted molar refractivity (Wildman–Crippen MR) is 132 cm³/mol. The molecular formula is C28H22N2. The summed E-state index contributed by atoms with van der Waals surface area (Å²) in [7, 11) is 0. The van der Waals surface area contributed by atoms with Gasteiger partial charge < -0.3 is 9.97 Å². The van der Waals surface area contributed by atoms with Crippen molar-refractivity contribution < 1.29 is 0 Å². The summed E-state index contributed by atoms with van der Waals surface area (Å²) in [5.41, 5.74) is 4.77. The standard InChI is InChI=1S/C26H16N2.C2H6/c1-3-7-21-17(5-1)25-19-13-16-10-12-24-26(18-6-2-4-8-22(18)28-24)20(16)14-15(19)9-11-23(25)27-21;1-2/h1-14,27-28H;1-2H3. The molecule has 2 nitrogen and oxygen atoms in total. The summed E-state index contributed by atoms with van der Waals surface area (Å²) in [5, 5.41) is 10.4. The Bertz CT molecular complexity index is 1580. The Morgan fingerprint density at radius 3 is 1.33 bits per heavy atom. The highest BCUT2D eigenvalue weighted by molar-refractivity contribution is 6.26. The molecule has 2 heteroatoms. The third-order valence-corrected chi connectivity index (χ3v) is 6.09. The van der Waals surface area contributed by atoms with Crippen LogP contribution in [0.25, 0.3) is 65.2 Å². The summed E-state index contributed by atoms with van der Waals surface area (Å²) in [4.78, 5) is 7.13. The predicted octanol–water partition coefficient (Wildman–Crippen LogP) is 8.29. The minimum absolute atomic E-state index is 1.19. The van der Waals surface area contributed by atoms with Crippen molar-refractivity contribution in [3.8, 4) is 0 Å². The molecule has 144 valence electrons. The summed E-state index contributed by atoms with van der Waals surface area (Å²) in [6.07, 6.45) is 0. The van der Waals surface area contributed by atoms with Gasteiger partial charge >= 0.3 is 0 Å². The Morgan fingerprint density at radius 1 is 0.433 bits per heavy atom. The second-order valence-electron chi connectivity index (χ2n) is 7.61. The first-order valence-corrected chi connectivity index (χ1v) is 10.6. The highest BCUT2D eigenvalue weighted by atomic mass is 14.7. The van der Waals surface area contributed by atoms with Crippen LogP contribution >= 0.6 is 0 Å². The first-order chi connectivity index (χ1) is 14.9. The van der Waals surface area contributed by atoms with Crippen LogP contribution in [0.4, 0.5) is 0 Å². The highest BCUT2D eigenvalue weighted by Gasteiger charge is 2.12. The lowest BCUT2D eigenvalue weighted by atomic mass is 9.97. The average Bonchev–Trinajstić information content (AvgIpc) is 3.37. The smallest absolute Gasteiger partial charge is 0.0471 e. The minimum Gasteiger partial charge on any atom is -0.354 e. The molecule has 0 saturated carbocycles. The van der Waals surface area contributed by atoms with E-state index < -0.39 is 0 Å². The molecule has 2 aromatic heterocycles. The maximum atomic E-state index is 3.56. The van der Waals surface area contributed by atoms with E-state index in [1.165, 1.54) is 65.2 Å². The fraction of sp³-hybridized carbons (Fsp3) is 0.0714. The van der Waals surface area contributed by atoms with Crippen LogP contribution in [0.5, 0.6) is 0 Å². The van der Waals surface area contributed by atoms with E-state index in [4.69, 9.17) is 0 Å². The van der Waals surface area contributed by atoms with Crippen molar-refractivity contribution in [2.45, 2.75) is 13.8 Å². The van der Waals surface area contributed by atoms with Crippen molar-refractivity contribution in [3.63, 3.8) is 0 Å². The van der Waals surface area contributed by atoms with Crippen molar-refractivity contribution in [2.24, 2.45) is 0 Å². The Hall–Kier alpha value is -3.78. The van der Waals surface area contributed by atoms with Gasteiger partial charge in [-0.2, -0.15) is 0 Å². The van der Waals surface area contributed by atoms with Gasteiger partial charge in [0.25, 0.3) is 0 Å². The summed E-state index contributed by atoms with van der Waals surface area (Å²) >= 11 is 0. The third-order valence-electron chi connectivity index (χ3n) is 6.09.